The summed E-state index contributed by atoms with van der Waals surface area (Å²) in [6, 6.07) is 4.51. The molecule has 2 N–H and O–H groups in total. The Balaban J connectivity index is 1.98. The summed E-state index contributed by atoms with van der Waals surface area (Å²) in [4.78, 5) is 14.0. The number of hydrogen-bond donors (Lipinski definition) is 1. The van der Waals surface area contributed by atoms with Gasteiger partial charge in [0.1, 0.15) is 11.6 Å². The van der Waals surface area contributed by atoms with Crippen LogP contribution in [0.1, 0.15) is 31.7 Å². The zero-order valence-corrected chi connectivity index (χ0v) is 11.8. The SMILES string of the molecule is CC(Oc1ccc(CN)c(F)c1)C(=O)N1CCCCC1. The Hall–Kier alpha value is -1.62. The van der Waals surface area contributed by atoms with Crippen LogP contribution in [0.15, 0.2) is 18.2 Å². The van der Waals surface area contributed by atoms with E-state index in [2.05, 4.69) is 0 Å². The molecule has 0 saturated carbocycles. The molecule has 1 aliphatic rings. The van der Waals surface area contributed by atoms with Gasteiger partial charge in [0.15, 0.2) is 6.10 Å². The van der Waals surface area contributed by atoms with Crippen molar-refractivity contribution in [2.45, 2.75) is 38.8 Å². The van der Waals surface area contributed by atoms with Gasteiger partial charge in [-0.25, -0.2) is 4.39 Å². The van der Waals surface area contributed by atoms with E-state index in [1.807, 2.05) is 4.90 Å². The largest absolute Gasteiger partial charge is 0.481 e. The first-order valence-electron chi connectivity index (χ1n) is 7.05. The second-order valence-corrected chi connectivity index (χ2v) is 5.10. The van der Waals surface area contributed by atoms with E-state index in [0.29, 0.717) is 11.3 Å². The summed E-state index contributed by atoms with van der Waals surface area (Å²) >= 11 is 0. The zero-order chi connectivity index (χ0) is 14.5. The molecule has 1 amide bonds. The van der Waals surface area contributed by atoms with E-state index in [0.717, 1.165) is 25.9 Å². The van der Waals surface area contributed by atoms with Gasteiger partial charge in [-0.05, 0) is 32.3 Å². The third-order valence-corrected chi connectivity index (χ3v) is 3.57. The normalized spacial score (nSPS) is 16.9. The molecule has 0 aromatic heterocycles. The van der Waals surface area contributed by atoms with Crippen molar-refractivity contribution in [3.05, 3.63) is 29.6 Å². The van der Waals surface area contributed by atoms with Gasteiger partial charge in [0.05, 0.1) is 0 Å². The predicted molar refractivity (Wildman–Crippen MR) is 74.8 cm³/mol. The van der Waals surface area contributed by atoms with Crippen LogP contribution in [-0.2, 0) is 11.3 Å². The first-order valence-corrected chi connectivity index (χ1v) is 7.05. The topological polar surface area (TPSA) is 55.6 Å². The van der Waals surface area contributed by atoms with Gasteiger partial charge in [-0.2, -0.15) is 0 Å². The number of piperidine rings is 1. The van der Waals surface area contributed by atoms with Gasteiger partial charge in [0, 0.05) is 31.3 Å². The third kappa shape index (κ3) is 3.48. The maximum Gasteiger partial charge on any atom is 0.263 e. The van der Waals surface area contributed by atoms with E-state index in [-0.39, 0.29) is 12.5 Å². The number of halogens is 1. The lowest BCUT2D eigenvalue weighted by Crippen LogP contribution is -2.43. The lowest BCUT2D eigenvalue weighted by molar-refractivity contribution is -0.138. The van der Waals surface area contributed by atoms with Gasteiger partial charge >= 0.3 is 0 Å². The van der Waals surface area contributed by atoms with Gasteiger partial charge in [-0.3, -0.25) is 4.79 Å². The molecule has 1 unspecified atom stereocenters. The quantitative estimate of drug-likeness (QED) is 0.918. The lowest BCUT2D eigenvalue weighted by Gasteiger charge is -2.29. The minimum atomic E-state index is -0.601. The minimum Gasteiger partial charge on any atom is -0.481 e. The molecule has 1 saturated heterocycles. The summed E-state index contributed by atoms with van der Waals surface area (Å²) in [7, 11) is 0. The second-order valence-electron chi connectivity index (χ2n) is 5.10. The lowest BCUT2D eigenvalue weighted by atomic mass is 10.1. The molecule has 1 fully saturated rings. The average molecular weight is 280 g/mol. The standard InChI is InChI=1S/C15H21FN2O2/c1-11(15(19)18-7-3-2-4-8-18)20-13-6-5-12(10-17)14(16)9-13/h5-6,9,11H,2-4,7-8,10,17H2,1H3. The van der Waals surface area contributed by atoms with E-state index in [4.69, 9.17) is 10.5 Å². The molecule has 1 aromatic rings. The van der Waals surface area contributed by atoms with Gasteiger partial charge in [-0.1, -0.05) is 6.07 Å². The number of carbonyl (C=O) groups excluding carboxylic acids is 1. The molecule has 0 radical (unpaired) electrons. The zero-order valence-electron chi connectivity index (χ0n) is 11.8. The molecule has 1 atom stereocenters. The highest BCUT2D eigenvalue weighted by atomic mass is 19.1. The van der Waals surface area contributed by atoms with Gasteiger partial charge in [0.2, 0.25) is 0 Å². The molecule has 0 aliphatic carbocycles. The highest BCUT2D eigenvalue weighted by molar-refractivity contribution is 5.81. The molecule has 4 nitrogen and oxygen atoms in total. The van der Waals surface area contributed by atoms with Crippen LogP contribution >= 0.6 is 0 Å². The van der Waals surface area contributed by atoms with Crippen LogP contribution in [-0.4, -0.2) is 30.0 Å². The van der Waals surface area contributed by atoms with Crippen LogP contribution < -0.4 is 10.5 Å². The fourth-order valence-corrected chi connectivity index (χ4v) is 2.39. The number of carbonyl (C=O) groups is 1. The van der Waals surface area contributed by atoms with Crippen LogP contribution in [0.25, 0.3) is 0 Å². The molecular weight excluding hydrogens is 259 g/mol. The summed E-state index contributed by atoms with van der Waals surface area (Å²) in [6.45, 7) is 3.42. The van der Waals surface area contributed by atoms with Crippen LogP contribution in [0.5, 0.6) is 5.75 Å². The Morgan fingerprint density at radius 2 is 2.10 bits per heavy atom. The molecule has 1 aliphatic heterocycles. The van der Waals surface area contributed by atoms with Crippen molar-refractivity contribution in [2.75, 3.05) is 13.1 Å². The first kappa shape index (κ1) is 14.8. The van der Waals surface area contributed by atoms with Crippen molar-refractivity contribution in [1.29, 1.82) is 0 Å². The molecule has 20 heavy (non-hydrogen) atoms. The Morgan fingerprint density at radius 1 is 1.40 bits per heavy atom. The summed E-state index contributed by atoms with van der Waals surface area (Å²) in [5.41, 5.74) is 5.84. The van der Waals surface area contributed by atoms with E-state index in [1.54, 1.807) is 19.1 Å². The number of benzene rings is 1. The van der Waals surface area contributed by atoms with Gasteiger partial charge in [0.25, 0.3) is 5.91 Å². The summed E-state index contributed by atoms with van der Waals surface area (Å²) in [5.74, 6) is -0.0757. The van der Waals surface area contributed by atoms with Crippen LogP contribution in [0, 0.1) is 5.82 Å². The van der Waals surface area contributed by atoms with Crippen molar-refractivity contribution >= 4 is 5.91 Å². The molecule has 5 heteroatoms. The summed E-state index contributed by atoms with van der Waals surface area (Å²) in [5, 5.41) is 0. The highest BCUT2D eigenvalue weighted by Crippen LogP contribution is 2.19. The monoisotopic (exact) mass is 280 g/mol. The van der Waals surface area contributed by atoms with E-state index in [1.165, 1.54) is 12.5 Å². The Morgan fingerprint density at radius 3 is 2.70 bits per heavy atom. The number of likely N-dealkylation sites (tertiary alicyclic amines) is 1. The molecular formula is C15H21FN2O2. The second kappa shape index (κ2) is 6.70. The Labute approximate surface area is 118 Å². The Kier molecular flexibility index (Phi) is 4.95. The van der Waals surface area contributed by atoms with Crippen molar-refractivity contribution in [1.82, 2.24) is 4.90 Å². The number of ether oxygens (including phenoxy) is 1. The van der Waals surface area contributed by atoms with Crippen molar-refractivity contribution in [3.8, 4) is 5.75 Å². The van der Waals surface area contributed by atoms with Crippen LogP contribution in [0.4, 0.5) is 4.39 Å². The van der Waals surface area contributed by atoms with E-state index < -0.39 is 11.9 Å². The first-order chi connectivity index (χ1) is 9.61. The fourth-order valence-electron chi connectivity index (χ4n) is 2.39. The molecule has 1 heterocycles. The smallest absolute Gasteiger partial charge is 0.263 e. The predicted octanol–water partition coefficient (Wildman–Crippen LogP) is 2.06. The average Bonchev–Trinajstić information content (AvgIpc) is 2.47. The molecule has 2 rings (SSSR count). The summed E-state index contributed by atoms with van der Waals surface area (Å²) in [6.07, 6.45) is 2.65. The molecule has 0 bridgehead atoms. The summed E-state index contributed by atoms with van der Waals surface area (Å²) < 4.78 is 19.1. The molecule has 1 aromatic carbocycles. The number of hydrogen-bond acceptors (Lipinski definition) is 3. The maximum atomic E-state index is 13.6. The van der Waals surface area contributed by atoms with Gasteiger partial charge in [-0.15, -0.1) is 0 Å². The fraction of sp³-hybridized carbons (Fsp3) is 0.533. The number of nitrogens with zero attached hydrogens (tertiary/aromatic N) is 1. The molecule has 0 spiro atoms. The van der Waals surface area contributed by atoms with Gasteiger partial charge < -0.3 is 15.4 Å². The number of rotatable bonds is 4. The maximum absolute atomic E-state index is 13.6. The number of amides is 1. The highest BCUT2D eigenvalue weighted by Gasteiger charge is 2.23. The minimum absolute atomic E-state index is 0.0343. The van der Waals surface area contributed by atoms with E-state index in [9.17, 15) is 9.18 Å². The van der Waals surface area contributed by atoms with Crippen LogP contribution in [0.3, 0.4) is 0 Å². The van der Waals surface area contributed by atoms with Crippen molar-refractivity contribution < 1.29 is 13.9 Å². The third-order valence-electron chi connectivity index (χ3n) is 3.57. The molecule has 110 valence electrons. The van der Waals surface area contributed by atoms with Crippen molar-refractivity contribution in [2.24, 2.45) is 5.73 Å². The number of nitrogens with two attached hydrogens (primary N) is 1. The van der Waals surface area contributed by atoms with E-state index >= 15 is 0 Å². The van der Waals surface area contributed by atoms with Crippen molar-refractivity contribution in [3.63, 3.8) is 0 Å². The Bertz CT molecular complexity index is 473. The van der Waals surface area contributed by atoms with Crippen LogP contribution in [0.2, 0.25) is 0 Å².